The molecule has 0 atom stereocenters. The molecule has 1 aliphatic rings. The molecule has 0 radical (unpaired) electrons. The summed E-state index contributed by atoms with van der Waals surface area (Å²) in [7, 11) is 1.86. The Morgan fingerprint density at radius 2 is 1.48 bits per heavy atom. The summed E-state index contributed by atoms with van der Waals surface area (Å²) in [5, 5.41) is 0. The fourth-order valence-corrected chi connectivity index (χ4v) is 4.59. The van der Waals surface area contributed by atoms with Crippen LogP contribution in [0.1, 0.15) is 28.7 Å². The highest BCUT2D eigenvalue weighted by Gasteiger charge is 2.32. The number of likely N-dealkylation sites (N-methyl/N-ethyl adjacent to an activating group) is 1. The summed E-state index contributed by atoms with van der Waals surface area (Å²) in [5.74, 6) is 1.90. The van der Waals surface area contributed by atoms with Crippen LogP contribution in [0.2, 0.25) is 0 Å². The number of piperazine rings is 1. The van der Waals surface area contributed by atoms with Crippen molar-refractivity contribution in [1.29, 1.82) is 0 Å². The second-order valence-corrected chi connectivity index (χ2v) is 8.60. The van der Waals surface area contributed by atoms with Crippen LogP contribution >= 0.6 is 0 Å². The van der Waals surface area contributed by atoms with Crippen molar-refractivity contribution in [3.8, 4) is 0 Å². The van der Waals surface area contributed by atoms with Gasteiger partial charge in [0.1, 0.15) is 43.7 Å². The number of quaternary nitrogens is 2. The molecule has 1 saturated heterocycles. The molecule has 5 nitrogen and oxygen atoms in total. The standard InChI is InChI=1S/C26H31N3O2/c1-21-13-14-24(31-21)19-27(2)25(30)20-28-15-17-29(18-16-28)26(22-9-5-3-6-10-22)23-11-7-4-8-12-23/h3-14,26H,15-20H2,1-2H3/p+2. The van der Waals surface area contributed by atoms with Crippen molar-refractivity contribution < 1.29 is 19.0 Å². The topological polar surface area (TPSA) is 42.3 Å². The monoisotopic (exact) mass is 419 g/mol. The molecule has 0 aliphatic carbocycles. The van der Waals surface area contributed by atoms with Crippen LogP contribution in [0.4, 0.5) is 0 Å². The number of nitrogens with zero attached hydrogens (tertiary/aromatic N) is 1. The van der Waals surface area contributed by atoms with Crippen LogP contribution in [0, 0.1) is 6.92 Å². The quantitative estimate of drug-likeness (QED) is 0.603. The van der Waals surface area contributed by atoms with Crippen molar-refractivity contribution in [3.05, 3.63) is 95.4 Å². The van der Waals surface area contributed by atoms with Gasteiger partial charge in [0, 0.05) is 18.2 Å². The third-order valence-corrected chi connectivity index (χ3v) is 6.29. The number of carbonyl (C=O) groups is 1. The molecule has 1 aliphatic heterocycles. The summed E-state index contributed by atoms with van der Waals surface area (Å²) in [4.78, 5) is 17.5. The minimum absolute atomic E-state index is 0.176. The van der Waals surface area contributed by atoms with Gasteiger partial charge in [0.05, 0.1) is 6.54 Å². The Morgan fingerprint density at radius 1 is 0.903 bits per heavy atom. The number of furan rings is 1. The molecule has 2 aromatic carbocycles. The van der Waals surface area contributed by atoms with E-state index < -0.39 is 0 Å². The molecule has 31 heavy (non-hydrogen) atoms. The van der Waals surface area contributed by atoms with Crippen molar-refractivity contribution in [2.24, 2.45) is 0 Å². The second kappa shape index (κ2) is 9.94. The first-order chi connectivity index (χ1) is 15.1. The molecular weight excluding hydrogens is 386 g/mol. The van der Waals surface area contributed by atoms with E-state index in [9.17, 15) is 4.79 Å². The first kappa shape index (κ1) is 21.3. The SMILES string of the molecule is Cc1ccc(CN(C)C(=O)C[NH+]2CC[NH+](C(c3ccccc3)c3ccccc3)CC2)o1. The van der Waals surface area contributed by atoms with E-state index >= 15 is 0 Å². The molecule has 0 bridgehead atoms. The maximum absolute atomic E-state index is 12.7. The van der Waals surface area contributed by atoms with Gasteiger partial charge in [-0.1, -0.05) is 60.7 Å². The molecule has 1 fully saturated rings. The fraction of sp³-hybridized carbons (Fsp3) is 0.346. The third-order valence-electron chi connectivity index (χ3n) is 6.29. The molecule has 1 amide bonds. The van der Waals surface area contributed by atoms with Crippen molar-refractivity contribution in [2.75, 3.05) is 39.8 Å². The number of carbonyl (C=O) groups excluding carboxylic acids is 1. The van der Waals surface area contributed by atoms with Crippen LogP contribution in [0.3, 0.4) is 0 Å². The minimum Gasteiger partial charge on any atom is -0.464 e. The first-order valence-corrected chi connectivity index (χ1v) is 11.2. The van der Waals surface area contributed by atoms with Crippen LogP contribution < -0.4 is 9.80 Å². The minimum atomic E-state index is 0.176. The summed E-state index contributed by atoms with van der Waals surface area (Å²) in [6.45, 7) is 7.12. The van der Waals surface area contributed by atoms with Gasteiger partial charge in [-0.3, -0.25) is 4.79 Å². The third kappa shape index (κ3) is 5.43. The predicted octanol–water partition coefficient (Wildman–Crippen LogP) is 1.12. The van der Waals surface area contributed by atoms with Crippen LogP contribution in [-0.2, 0) is 11.3 Å². The highest BCUT2D eigenvalue weighted by atomic mass is 16.3. The smallest absolute Gasteiger partial charge is 0.277 e. The maximum Gasteiger partial charge on any atom is 0.277 e. The van der Waals surface area contributed by atoms with Gasteiger partial charge in [-0.05, 0) is 19.1 Å². The van der Waals surface area contributed by atoms with E-state index in [2.05, 4.69) is 60.7 Å². The van der Waals surface area contributed by atoms with E-state index in [1.54, 1.807) is 9.80 Å². The number of benzene rings is 2. The van der Waals surface area contributed by atoms with E-state index in [4.69, 9.17) is 4.42 Å². The Bertz CT molecular complexity index is 923. The Balaban J connectivity index is 1.36. The molecule has 0 spiro atoms. The van der Waals surface area contributed by atoms with Crippen LogP contribution in [0.15, 0.2) is 77.2 Å². The van der Waals surface area contributed by atoms with E-state index in [-0.39, 0.29) is 5.91 Å². The summed E-state index contributed by atoms with van der Waals surface area (Å²) in [6, 6.07) is 25.8. The average molecular weight is 420 g/mol. The summed E-state index contributed by atoms with van der Waals surface area (Å²) < 4.78 is 5.61. The summed E-state index contributed by atoms with van der Waals surface area (Å²) in [6.07, 6.45) is 0. The fourth-order valence-electron chi connectivity index (χ4n) is 4.59. The molecule has 3 aromatic rings. The molecule has 2 heterocycles. The predicted molar refractivity (Wildman–Crippen MR) is 121 cm³/mol. The van der Waals surface area contributed by atoms with E-state index in [1.807, 2.05) is 26.1 Å². The molecule has 4 rings (SSSR count). The highest BCUT2D eigenvalue weighted by Crippen LogP contribution is 2.18. The van der Waals surface area contributed by atoms with Gasteiger partial charge >= 0.3 is 0 Å². The van der Waals surface area contributed by atoms with Crippen molar-refractivity contribution in [2.45, 2.75) is 19.5 Å². The van der Waals surface area contributed by atoms with Gasteiger partial charge in [0.2, 0.25) is 0 Å². The first-order valence-electron chi connectivity index (χ1n) is 11.2. The zero-order chi connectivity index (χ0) is 21.6. The lowest BCUT2D eigenvalue weighted by Crippen LogP contribution is -3.28. The molecular formula is C26H33N3O2+2. The number of amides is 1. The molecule has 2 N–H and O–H groups in total. The Morgan fingerprint density at radius 3 is 2.00 bits per heavy atom. The molecule has 162 valence electrons. The Hall–Kier alpha value is -2.89. The van der Waals surface area contributed by atoms with Gasteiger partial charge in [-0.15, -0.1) is 0 Å². The number of rotatable bonds is 7. The second-order valence-electron chi connectivity index (χ2n) is 8.60. The highest BCUT2D eigenvalue weighted by molar-refractivity contribution is 5.76. The normalized spacial score (nSPS) is 18.8. The zero-order valence-electron chi connectivity index (χ0n) is 18.5. The number of nitrogens with one attached hydrogen (secondary N) is 2. The Kier molecular flexibility index (Phi) is 6.85. The lowest BCUT2D eigenvalue weighted by molar-refractivity contribution is -1.02. The average Bonchev–Trinajstić information content (AvgIpc) is 3.21. The van der Waals surface area contributed by atoms with Crippen LogP contribution in [0.5, 0.6) is 0 Å². The molecule has 0 saturated carbocycles. The number of hydrogen-bond donors (Lipinski definition) is 2. The van der Waals surface area contributed by atoms with Crippen molar-refractivity contribution >= 4 is 5.91 Å². The number of hydrogen-bond acceptors (Lipinski definition) is 2. The van der Waals surface area contributed by atoms with E-state index in [1.165, 1.54) is 16.0 Å². The van der Waals surface area contributed by atoms with Gasteiger partial charge in [0.15, 0.2) is 6.54 Å². The molecule has 0 unspecified atom stereocenters. The lowest BCUT2D eigenvalue weighted by atomic mass is 9.96. The van der Waals surface area contributed by atoms with Crippen LogP contribution in [-0.4, -0.2) is 50.6 Å². The van der Waals surface area contributed by atoms with Crippen molar-refractivity contribution in [3.63, 3.8) is 0 Å². The molecule has 5 heteroatoms. The van der Waals surface area contributed by atoms with Gasteiger partial charge < -0.3 is 19.1 Å². The van der Waals surface area contributed by atoms with Gasteiger partial charge in [-0.2, -0.15) is 0 Å². The largest absolute Gasteiger partial charge is 0.464 e. The van der Waals surface area contributed by atoms with E-state index in [0.717, 1.165) is 37.7 Å². The van der Waals surface area contributed by atoms with Gasteiger partial charge in [-0.25, -0.2) is 0 Å². The number of aryl methyl sites for hydroxylation is 1. The van der Waals surface area contributed by atoms with Crippen LogP contribution in [0.25, 0.3) is 0 Å². The summed E-state index contributed by atoms with van der Waals surface area (Å²) >= 11 is 0. The van der Waals surface area contributed by atoms with Crippen molar-refractivity contribution in [1.82, 2.24) is 4.90 Å². The maximum atomic E-state index is 12.7. The zero-order valence-corrected chi connectivity index (χ0v) is 18.5. The molecule has 1 aromatic heterocycles. The summed E-state index contributed by atoms with van der Waals surface area (Å²) in [5.41, 5.74) is 2.72. The lowest BCUT2D eigenvalue weighted by Gasteiger charge is -2.35. The van der Waals surface area contributed by atoms with E-state index in [0.29, 0.717) is 19.1 Å². The van der Waals surface area contributed by atoms with Gasteiger partial charge in [0.25, 0.3) is 5.91 Å². The Labute approximate surface area is 184 Å².